The van der Waals surface area contributed by atoms with Gasteiger partial charge in [0, 0.05) is 12.7 Å². The summed E-state index contributed by atoms with van der Waals surface area (Å²) in [7, 11) is 1.71. The molecular formula is C18H20O2. The summed E-state index contributed by atoms with van der Waals surface area (Å²) < 4.78 is 11.6. The molecule has 0 bridgehead atoms. The van der Waals surface area contributed by atoms with E-state index in [1.165, 1.54) is 11.1 Å². The van der Waals surface area contributed by atoms with E-state index < -0.39 is 5.79 Å². The Hall–Kier alpha value is -1.64. The Balaban J connectivity index is 1.91. The van der Waals surface area contributed by atoms with Gasteiger partial charge in [-0.3, -0.25) is 0 Å². The topological polar surface area (TPSA) is 21.8 Å². The third-order valence-electron chi connectivity index (χ3n) is 4.36. The molecule has 0 saturated carbocycles. The molecule has 0 radical (unpaired) electrons. The van der Waals surface area contributed by atoms with Crippen LogP contribution in [0, 0.1) is 0 Å². The van der Waals surface area contributed by atoms with Gasteiger partial charge in [0.1, 0.15) is 5.60 Å². The fourth-order valence-electron chi connectivity index (χ4n) is 2.85. The van der Waals surface area contributed by atoms with Crippen LogP contribution in [0.2, 0.25) is 0 Å². The maximum absolute atomic E-state index is 5.90. The highest BCUT2D eigenvalue weighted by molar-refractivity contribution is 5.63. The smallest absolute Gasteiger partial charge is 0.225 e. The van der Waals surface area contributed by atoms with E-state index in [4.69, 9.17) is 9.47 Å². The zero-order valence-corrected chi connectivity index (χ0v) is 12.2. The first-order chi connectivity index (χ1) is 9.65. The van der Waals surface area contributed by atoms with Crippen LogP contribution in [0.15, 0.2) is 54.6 Å². The van der Waals surface area contributed by atoms with Crippen LogP contribution in [0.3, 0.4) is 0 Å². The van der Waals surface area contributed by atoms with Crippen LogP contribution in [0.25, 0.3) is 11.1 Å². The summed E-state index contributed by atoms with van der Waals surface area (Å²) >= 11 is 0. The van der Waals surface area contributed by atoms with E-state index in [1.807, 2.05) is 6.07 Å². The van der Waals surface area contributed by atoms with Gasteiger partial charge < -0.3 is 9.47 Å². The monoisotopic (exact) mass is 268 g/mol. The van der Waals surface area contributed by atoms with Crippen LogP contribution in [0.1, 0.15) is 25.8 Å². The van der Waals surface area contributed by atoms with Gasteiger partial charge in [0.25, 0.3) is 0 Å². The maximum atomic E-state index is 5.90. The molecule has 2 heteroatoms. The molecule has 1 aliphatic heterocycles. The fraction of sp³-hybridized carbons (Fsp3) is 0.333. The van der Waals surface area contributed by atoms with Crippen LogP contribution < -0.4 is 0 Å². The molecule has 1 aliphatic rings. The summed E-state index contributed by atoms with van der Waals surface area (Å²) in [4.78, 5) is 0. The van der Waals surface area contributed by atoms with Gasteiger partial charge in [-0.1, -0.05) is 61.5 Å². The lowest BCUT2D eigenvalue weighted by molar-refractivity contribution is -0.0149. The zero-order chi connectivity index (χ0) is 14.2. The normalized spacial score (nSPS) is 28.4. The van der Waals surface area contributed by atoms with Crippen molar-refractivity contribution in [3.63, 3.8) is 0 Å². The summed E-state index contributed by atoms with van der Waals surface area (Å²) in [6.07, 6.45) is 0.932. The van der Waals surface area contributed by atoms with E-state index >= 15 is 0 Å². The molecule has 2 nitrogen and oxygen atoms in total. The summed E-state index contributed by atoms with van der Waals surface area (Å²) in [5.74, 6) is -0.572. The predicted octanol–water partition coefficient (Wildman–Crippen LogP) is 4.35. The van der Waals surface area contributed by atoms with Crippen molar-refractivity contribution < 1.29 is 9.47 Å². The number of methoxy groups -OCH3 is 1. The van der Waals surface area contributed by atoms with Gasteiger partial charge in [0.05, 0.1) is 0 Å². The lowest BCUT2D eigenvalue weighted by Gasteiger charge is -2.15. The number of rotatable bonds is 4. The molecule has 1 saturated heterocycles. The van der Waals surface area contributed by atoms with Crippen molar-refractivity contribution in [2.24, 2.45) is 0 Å². The lowest BCUT2D eigenvalue weighted by Crippen LogP contribution is -2.22. The maximum Gasteiger partial charge on any atom is 0.225 e. The number of hydrogen-bond acceptors (Lipinski definition) is 2. The molecule has 2 aromatic carbocycles. The first-order valence-electron chi connectivity index (χ1n) is 7.06. The number of epoxide rings is 1. The number of hydrogen-bond donors (Lipinski definition) is 0. The minimum Gasteiger partial charge on any atom is -0.347 e. The third-order valence-corrected chi connectivity index (χ3v) is 4.36. The highest BCUT2D eigenvalue weighted by atomic mass is 16.8. The Labute approximate surface area is 120 Å². The molecule has 2 atom stereocenters. The first kappa shape index (κ1) is 13.3. The highest BCUT2D eigenvalue weighted by Crippen LogP contribution is 2.57. The van der Waals surface area contributed by atoms with E-state index in [0.29, 0.717) is 0 Å². The Kier molecular flexibility index (Phi) is 3.15. The lowest BCUT2D eigenvalue weighted by atomic mass is 9.93. The second-order valence-corrected chi connectivity index (χ2v) is 5.45. The molecule has 3 rings (SSSR count). The van der Waals surface area contributed by atoms with Gasteiger partial charge in [-0.2, -0.15) is 0 Å². The minimum absolute atomic E-state index is 0.212. The van der Waals surface area contributed by atoms with Crippen molar-refractivity contribution in [1.29, 1.82) is 0 Å². The summed E-state index contributed by atoms with van der Waals surface area (Å²) in [5, 5.41) is 0. The quantitative estimate of drug-likeness (QED) is 0.769. The number of ether oxygens (including phenoxy) is 2. The summed E-state index contributed by atoms with van der Waals surface area (Å²) in [6.45, 7) is 4.22. The van der Waals surface area contributed by atoms with Crippen molar-refractivity contribution in [1.82, 2.24) is 0 Å². The van der Waals surface area contributed by atoms with E-state index in [-0.39, 0.29) is 5.60 Å². The molecule has 20 heavy (non-hydrogen) atoms. The van der Waals surface area contributed by atoms with Crippen molar-refractivity contribution in [2.45, 2.75) is 31.7 Å². The molecule has 0 spiro atoms. The molecule has 0 aliphatic carbocycles. The van der Waals surface area contributed by atoms with E-state index in [2.05, 4.69) is 62.4 Å². The van der Waals surface area contributed by atoms with Crippen LogP contribution in [-0.2, 0) is 15.3 Å². The molecule has 0 N–H and O–H groups in total. The highest BCUT2D eigenvalue weighted by Gasteiger charge is 2.68. The van der Waals surface area contributed by atoms with Gasteiger partial charge >= 0.3 is 0 Å². The van der Waals surface area contributed by atoms with Crippen LogP contribution in [0.4, 0.5) is 0 Å². The fourth-order valence-corrected chi connectivity index (χ4v) is 2.85. The minimum atomic E-state index is -0.572. The van der Waals surface area contributed by atoms with Gasteiger partial charge in [0.2, 0.25) is 5.79 Å². The predicted molar refractivity (Wildman–Crippen MR) is 80.3 cm³/mol. The first-order valence-corrected chi connectivity index (χ1v) is 7.06. The van der Waals surface area contributed by atoms with Crippen molar-refractivity contribution in [3.05, 3.63) is 60.2 Å². The molecule has 2 unspecified atom stereocenters. The van der Waals surface area contributed by atoms with Gasteiger partial charge in [0.15, 0.2) is 0 Å². The van der Waals surface area contributed by atoms with Crippen molar-refractivity contribution in [2.75, 3.05) is 7.11 Å². The second kappa shape index (κ2) is 4.72. The molecule has 2 aromatic rings. The standard InChI is InChI=1S/C18H20O2/c1-4-17(2)18(19-3,20-17)16-12-10-15(11-13-16)14-8-6-5-7-9-14/h5-13H,4H2,1-3H3. The largest absolute Gasteiger partial charge is 0.347 e. The van der Waals surface area contributed by atoms with E-state index in [1.54, 1.807) is 7.11 Å². The second-order valence-electron chi connectivity index (χ2n) is 5.45. The van der Waals surface area contributed by atoms with Crippen LogP contribution in [-0.4, -0.2) is 12.7 Å². The van der Waals surface area contributed by atoms with Crippen molar-refractivity contribution >= 4 is 0 Å². The average Bonchev–Trinajstić information content (AvgIpc) is 3.16. The Morgan fingerprint density at radius 3 is 2.05 bits per heavy atom. The average molecular weight is 268 g/mol. The molecule has 1 heterocycles. The summed E-state index contributed by atoms with van der Waals surface area (Å²) in [5.41, 5.74) is 3.31. The molecule has 0 amide bonds. The van der Waals surface area contributed by atoms with Crippen LogP contribution in [0.5, 0.6) is 0 Å². The molecule has 1 fully saturated rings. The van der Waals surface area contributed by atoms with Crippen LogP contribution >= 0.6 is 0 Å². The third kappa shape index (κ3) is 1.88. The number of benzene rings is 2. The van der Waals surface area contributed by atoms with E-state index in [9.17, 15) is 0 Å². The Bertz CT molecular complexity index is 591. The Morgan fingerprint density at radius 2 is 1.55 bits per heavy atom. The van der Waals surface area contributed by atoms with Gasteiger partial charge in [-0.25, -0.2) is 0 Å². The molecule has 104 valence electrons. The van der Waals surface area contributed by atoms with Gasteiger partial charge in [-0.05, 0) is 24.5 Å². The molecule has 0 aromatic heterocycles. The molecular weight excluding hydrogens is 248 g/mol. The van der Waals surface area contributed by atoms with Crippen molar-refractivity contribution in [3.8, 4) is 11.1 Å². The zero-order valence-electron chi connectivity index (χ0n) is 12.2. The van der Waals surface area contributed by atoms with E-state index in [0.717, 1.165) is 12.0 Å². The SMILES string of the molecule is CCC1(C)OC1(OC)c1ccc(-c2ccccc2)cc1. The van der Waals surface area contributed by atoms with Gasteiger partial charge in [-0.15, -0.1) is 0 Å². The summed E-state index contributed by atoms with van der Waals surface area (Å²) in [6, 6.07) is 18.8. The Morgan fingerprint density at radius 1 is 0.950 bits per heavy atom.